The predicted octanol–water partition coefficient (Wildman–Crippen LogP) is 2.11. The molecule has 1 aliphatic heterocycles. The molecule has 1 aromatic rings. The van der Waals surface area contributed by atoms with E-state index in [4.69, 9.17) is 23.2 Å². The summed E-state index contributed by atoms with van der Waals surface area (Å²) >= 11 is 11.8. The Morgan fingerprint density at radius 3 is 2.79 bits per heavy atom. The van der Waals surface area contributed by atoms with E-state index < -0.39 is 0 Å². The highest BCUT2D eigenvalue weighted by Crippen LogP contribution is 2.38. The highest BCUT2D eigenvalue weighted by atomic mass is 35.5. The fraction of sp³-hybridized carbons (Fsp3) is 0.583. The minimum absolute atomic E-state index is 0.104. The van der Waals surface area contributed by atoms with Crippen LogP contribution in [-0.2, 0) is 4.79 Å². The van der Waals surface area contributed by atoms with Gasteiger partial charge < -0.3 is 10.6 Å². The monoisotopic (exact) mass is 300 g/mol. The number of rotatable bonds is 2. The van der Waals surface area contributed by atoms with Crippen LogP contribution in [0.4, 0.5) is 5.69 Å². The van der Waals surface area contributed by atoms with Crippen LogP contribution in [-0.4, -0.2) is 28.5 Å². The topological polar surface area (TPSA) is 66.9 Å². The maximum atomic E-state index is 12.3. The second kappa shape index (κ2) is 5.23. The van der Waals surface area contributed by atoms with Crippen LogP contribution >= 0.6 is 23.2 Å². The number of nitrogens with one attached hydrogen (secondary N) is 2. The van der Waals surface area contributed by atoms with Crippen molar-refractivity contribution >= 4 is 34.8 Å². The normalized spacial score (nSPS) is 29.3. The molecule has 1 aromatic heterocycles. The Balaban J connectivity index is 1.75. The van der Waals surface area contributed by atoms with Crippen molar-refractivity contribution in [2.24, 2.45) is 11.8 Å². The van der Waals surface area contributed by atoms with E-state index in [9.17, 15) is 4.79 Å². The van der Waals surface area contributed by atoms with E-state index in [1.54, 1.807) is 0 Å². The number of anilines is 1. The van der Waals surface area contributed by atoms with Gasteiger partial charge in [0.25, 0.3) is 0 Å². The van der Waals surface area contributed by atoms with Crippen molar-refractivity contribution in [3.05, 3.63) is 16.6 Å². The molecule has 2 heterocycles. The predicted molar refractivity (Wildman–Crippen MR) is 73.3 cm³/mol. The molecule has 1 saturated carbocycles. The summed E-state index contributed by atoms with van der Waals surface area (Å²) in [5, 5.41) is 6.34. The molecule has 0 radical (unpaired) electrons. The molecule has 2 aliphatic rings. The maximum Gasteiger partial charge on any atom is 0.241 e. The lowest BCUT2D eigenvalue weighted by Crippen LogP contribution is -2.39. The summed E-state index contributed by atoms with van der Waals surface area (Å²) in [4.78, 5) is 20.0. The Morgan fingerprint density at radius 2 is 2.05 bits per heavy atom. The SMILES string of the molecule is O=C(Nc1c(Cl)ncnc1Cl)C1NCC2CCCC21. The zero-order valence-corrected chi connectivity index (χ0v) is 11.7. The van der Waals surface area contributed by atoms with Crippen LogP contribution in [0.25, 0.3) is 0 Å². The molecule has 1 aliphatic carbocycles. The summed E-state index contributed by atoms with van der Waals surface area (Å²) < 4.78 is 0. The van der Waals surface area contributed by atoms with Gasteiger partial charge in [0, 0.05) is 0 Å². The first-order chi connectivity index (χ1) is 9.16. The van der Waals surface area contributed by atoms with E-state index in [0.717, 1.165) is 13.0 Å². The third kappa shape index (κ3) is 2.42. The third-order valence-corrected chi connectivity index (χ3v) is 4.60. The maximum absolute atomic E-state index is 12.3. The number of nitrogens with zero attached hydrogens (tertiary/aromatic N) is 2. The van der Waals surface area contributed by atoms with Crippen molar-refractivity contribution in [3.8, 4) is 0 Å². The van der Waals surface area contributed by atoms with Crippen molar-refractivity contribution in [1.29, 1.82) is 0 Å². The molecule has 1 amide bonds. The molecular weight excluding hydrogens is 287 g/mol. The number of fused-ring (bicyclic) bond motifs is 1. The van der Waals surface area contributed by atoms with Gasteiger partial charge in [-0.1, -0.05) is 29.6 Å². The molecule has 3 rings (SSSR count). The second-order valence-corrected chi connectivity index (χ2v) is 5.78. The molecular formula is C12H14Cl2N4O. The summed E-state index contributed by atoms with van der Waals surface area (Å²) in [7, 11) is 0. The molecule has 19 heavy (non-hydrogen) atoms. The van der Waals surface area contributed by atoms with Crippen molar-refractivity contribution in [1.82, 2.24) is 15.3 Å². The lowest BCUT2D eigenvalue weighted by Gasteiger charge is -2.18. The average molecular weight is 301 g/mol. The number of amides is 1. The van der Waals surface area contributed by atoms with Gasteiger partial charge in [0.1, 0.15) is 12.0 Å². The number of hydrogen-bond donors (Lipinski definition) is 2. The molecule has 3 atom stereocenters. The number of aromatic nitrogens is 2. The molecule has 7 heteroatoms. The smallest absolute Gasteiger partial charge is 0.241 e. The minimum Gasteiger partial charge on any atom is -0.320 e. The fourth-order valence-corrected chi connectivity index (χ4v) is 3.53. The summed E-state index contributed by atoms with van der Waals surface area (Å²) in [5.74, 6) is 0.934. The molecule has 2 fully saturated rings. The summed E-state index contributed by atoms with van der Waals surface area (Å²) in [6.07, 6.45) is 4.78. The van der Waals surface area contributed by atoms with Crippen molar-refractivity contribution in [2.75, 3.05) is 11.9 Å². The molecule has 1 saturated heterocycles. The molecule has 102 valence electrons. The number of hydrogen-bond acceptors (Lipinski definition) is 4. The minimum atomic E-state index is -0.167. The first-order valence-electron chi connectivity index (χ1n) is 6.37. The Kier molecular flexibility index (Phi) is 3.60. The average Bonchev–Trinajstić information content (AvgIpc) is 2.95. The Labute approximate surface area is 121 Å². The fourth-order valence-electron chi connectivity index (χ4n) is 3.12. The summed E-state index contributed by atoms with van der Waals surface area (Å²) in [5.41, 5.74) is 0.291. The van der Waals surface area contributed by atoms with E-state index in [1.165, 1.54) is 19.2 Å². The summed E-state index contributed by atoms with van der Waals surface area (Å²) in [6, 6.07) is -0.167. The highest BCUT2D eigenvalue weighted by Gasteiger charge is 2.42. The van der Waals surface area contributed by atoms with E-state index >= 15 is 0 Å². The second-order valence-electron chi connectivity index (χ2n) is 5.06. The summed E-state index contributed by atoms with van der Waals surface area (Å²) in [6.45, 7) is 0.912. The van der Waals surface area contributed by atoms with Gasteiger partial charge in [-0.05, 0) is 31.2 Å². The van der Waals surface area contributed by atoms with Crippen molar-refractivity contribution in [3.63, 3.8) is 0 Å². The van der Waals surface area contributed by atoms with E-state index in [1.807, 2.05) is 0 Å². The lowest BCUT2D eigenvalue weighted by atomic mass is 9.93. The zero-order valence-electron chi connectivity index (χ0n) is 10.2. The Hall–Kier alpha value is -0.910. The van der Waals surface area contributed by atoms with Gasteiger partial charge in [-0.3, -0.25) is 4.79 Å². The van der Waals surface area contributed by atoms with Crippen LogP contribution < -0.4 is 10.6 Å². The largest absolute Gasteiger partial charge is 0.320 e. The van der Waals surface area contributed by atoms with Gasteiger partial charge in [-0.15, -0.1) is 0 Å². The van der Waals surface area contributed by atoms with Crippen LogP contribution in [0.2, 0.25) is 10.3 Å². The highest BCUT2D eigenvalue weighted by molar-refractivity contribution is 6.38. The van der Waals surface area contributed by atoms with Gasteiger partial charge in [0.2, 0.25) is 5.91 Å². The van der Waals surface area contributed by atoms with Crippen LogP contribution in [0.5, 0.6) is 0 Å². The zero-order chi connectivity index (χ0) is 13.4. The first kappa shape index (κ1) is 13.1. The molecule has 0 spiro atoms. The van der Waals surface area contributed by atoms with Gasteiger partial charge in [-0.25, -0.2) is 9.97 Å². The quantitative estimate of drug-likeness (QED) is 0.821. The van der Waals surface area contributed by atoms with Gasteiger partial charge in [0.05, 0.1) is 6.04 Å². The van der Waals surface area contributed by atoms with Crippen LogP contribution in [0.3, 0.4) is 0 Å². The molecule has 0 aromatic carbocycles. The number of halogens is 2. The Morgan fingerprint density at radius 1 is 1.32 bits per heavy atom. The van der Waals surface area contributed by atoms with Crippen molar-refractivity contribution < 1.29 is 4.79 Å². The molecule has 3 unspecified atom stereocenters. The molecule has 5 nitrogen and oxygen atoms in total. The van der Waals surface area contributed by atoms with Crippen molar-refractivity contribution in [2.45, 2.75) is 25.3 Å². The van der Waals surface area contributed by atoms with Crippen LogP contribution in [0.1, 0.15) is 19.3 Å². The van der Waals surface area contributed by atoms with E-state index in [0.29, 0.717) is 17.5 Å². The van der Waals surface area contributed by atoms with Gasteiger partial charge in [0.15, 0.2) is 10.3 Å². The Bertz CT molecular complexity index is 490. The number of carbonyl (C=O) groups excluding carboxylic acids is 1. The lowest BCUT2D eigenvalue weighted by molar-refractivity contribution is -0.118. The van der Waals surface area contributed by atoms with Gasteiger partial charge in [-0.2, -0.15) is 0 Å². The standard InChI is InChI=1S/C12H14Cl2N4O/c13-10-9(11(14)17-5-16-10)18-12(19)8-7-3-1-2-6(7)4-15-8/h5-8,15H,1-4H2,(H,18,19). The number of carbonyl (C=O) groups is 1. The third-order valence-electron chi connectivity index (χ3n) is 4.03. The molecule has 0 bridgehead atoms. The first-order valence-corrected chi connectivity index (χ1v) is 7.12. The van der Waals surface area contributed by atoms with Crippen LogP contribution in [0, 0.1) is 11.8 Å². The van der Waals surface area contributed by atoms with E-state index in [-0.39, 0.29) is 22.3 Å². The van der Waals surface area contributed by atoms with E-state index in [2.05, 4.69) is 20.6 Å². The molecule has 2 N–H and O–H groups in total. The van der Waals surface area contributed by atoms with Crippen LogP contribution in [0.15, 0.2) is 6.33 Å². The van der Waals surface area contributed by atoms with Gasteiger partial charge >= 0.3 is 0 Å².